The van der Waals surface area contributed by atoms with Gasteiger partial charge in [-0.25, -0.2) is 0 Å². The normalized spacial score (nSPS) is 10.9. The first kappa shape index (κ1) is 64.8. The SMILES string of the molecule is C.C(=C\c1ccc(N(c2ccccc2)c2ccccc2)cc1)/c1ccc(-c2ccc(N(c3ccccc3)c3ccccc3)cc2)cc1.Cc1ccc(N(c2ccc(C)cc2)c2ccc(/C=C/c3ccc(-c4ccc(N(c5ccc(C)cc5)c5ccc(C)cc5)cc4)cc3)cc2)cc1. The molecule has 14 aromatic rings. The average molecular weight is 1250 g/mol. The summed E-state index contributed by atoms with van der Waals surface area (Å²) in [6.07, 6.45) is 8.71. The van der Waals surface area contributed by atoms with E-state index in [1.54, 1.807) is 0 Å². The number of nitrogens with zero attached hydrogens (tertiary/aromatic N) is 4. The van der Waals surface area contributed by atoms with Gasteiger partial charge in [0.1, 0.15) is 0 Å². The molecule has 0 bridgehead atoms. The van der Waals surface area contributed by atoms with E-state index in [-0.39, 0.29) is 7.43 Å². The minimum Gasteiger partial charge on any atom is -0.311 e. The summed E-state index contributed by atoms with van der Waals surface area (Å²) in [5, 5.41) is 0. The van der Waals surface area contributed by atoms with E-state index in [2.05, 4.69) is 436 Å². The van der Waals surface area contributed by atoms with E-state index in [0.717, 1.165) is 79.4 Å². The summed E-state index contributed by atoms with van der Waals surface area (Å²) in [7, 11) is 0. The molecule has 97 heavy (non-hydrogen) atoms. The van der Waals surface area contributed by atoms with Gasteiger partial charge in [0.2, 0.25) is 0 Å². The predicted molar refractivity (Wildman–Crippen MR) is 419 cm³/mol. The summed E-state index contributed by atoms with van der Waals surface area (Å²) in [5.41, 5.74) is 28.1. The summed E-state index contributed by atoms with van der Waals surface area (Å²) in [4.78, 5) is 9.18. The zero-order valence-electron chi connectivity index (χ0n) is 54.7. The van der Waals surface area contributed by atoms with Crippen LogP contribution in [-0.2, 0) is 0 Å². The van der Waals surface area contributed by atoms with Crippen LogP contribution >= 0.6 is 0 Å². The van der Waals surface area contributed by atoms with Crippen LogP contribution in [0.3, 0.4) is 0 Å². The highest BCUT2D eigenvalue weighted by atomic mass is 15.2. The standard InChI is InChI=1S/C48H42N2.C44H34N2.CH4/c1-35-5-23-43(24-6-35)49(44-25-7-36(2)8-26-44)47-31-17-40(18-32-47)14-13-39-15-19-41(20-16-39)42-21-33-48(34-22-42)50(45-27-9-37(3)10-28-45)46-29-11-38(4)12-30-46;1-5-13-39(14-6-1)45(40-15-7-2-8-16-40)43-31-25-36(26-32-43)22-21-35-23-27-37(28-24-35)38-29-33-44(34-30-38)46(41-17-9-3-10-18-41)42-19-11-4-12-20-42;/h5-34H,1-4H3;1-34H;1H4/b14-13+;22-21+;. The topological polar surface area (TPSA) is 13.0 Å². The lowest BCUT2D eigenvalue weighted by atomic mass is 10.0. The Morgan fingerprint density at radius 1 is 0.155 bits per heavy atom. The monoisotopic (exact) mass is 1250 g/mol. The van der Waals surface area contributed by atoms with Crippen molar-refractivity contribution < 1.29 is 0 Å². The maximum absolute atomic E-state index is 2.31. The molecule has 4 nitrogen and oxygen atoms in total. The smallest absolute Gasteiger partial charge is 0.0462 e. The molecule has 0 aromatic heterocycles. The van der Waals surface area contributed by atoms with Gasteiger partial charge in [-0.15, -0.1) is 0 Å². The van der Waals surface area contributed by atoms with Gasteiger partial charge < -0.3 is 19.6 Å². The van der Waals surface area contributed by atoms with Crippen molar-refractivity contribution in [3.63, 3.8) is 0 Å². The second-order valence-electron chi connectivity index (χ2n) is 24.2. The molecule has 0 unspecified atom stereocenters. The van der Waals surface area contributed by atoms with Gasteiger partial charge in [0.05, 0.1) is 0 Å². The van der Waals surface area contributed by atoms with Gasteiger partial charge in [-0.1, -0.05) is 272 Å². The summed E-state index contributed by atoms with van der Waals surface area (Å²) >= 11 is 0. The van der Waals surface area contributed by atoms with Crippen LogP contribution in [0.2, 0.25) is 0 Å². The quantitative estimate of drug-likeness (QED) is 0.0794. The third kappa shape index (κ3) is 16.2. The lowest BCUT2D eigenvalue weighted by Gasteiger charge is -2.26. The highest BCUT2D eigenvalue weighted by Crippen LogP contribution is 2.40. The molecule has 0 aliphatic rings. The first-order valence-corrected chi connectivity index (χ1v) is 32.9. The van der Waals surface area contributed by atoms with Crippen molar-refractivity contribution >= 4 is 92.6 Å². The molecule has 0 aliphatic heterocycles. The fraction of sp³-hybridized carbons (Fsp3) is 0.0538. The first-order chi connectivity index (χ1) is 47.2. The number of hydrogen-bond acceptors (Lipinski definition) is 4. The Morgan fingerprint density at radius 3 is 0.474 bits per heavy atom. The van der Waals surface area contributed by atoms with E-state index >= 15 is 0 Å². The van der Waals surface area contributed by atoms with E-state index in [1.807, 2.05) is 0 Å². The number of rotatable bonds is 18. The van der Waals surface area contributed by atoms with Crippen molar-refractivity contribution in [2.45, 2.75) is 35.1 Å². The number of hydrogen-bond donors (Lipinski definition) is 0. The van der Waals surface area contributed by atoms with Gasteiger partial charge in [-0.2, -0.15) is 0 Å². The summed E-state index contributed by atoms with van der Waals surface area (Å²) in [6, 6.07) is 130. The molecule has 0 N–H and O–H groups in total. The predicted octanol–water partition coefficient (Wildman–Crippen LogP) is 26.8. The van der Waals surface area contributed by atoms with Crippen molar-refractivity contribution in [3.05, 3.63) is 408 Å². The van der Waals surface area contributed by atoms with Gasteiger partial charge in [-0.3, -0.25) is 0 Å². The minimum absolute atomic E-state index is 0. The Hall–Kier alpha value is -12.2. The molecule has 472 valence electrons. The molecule has 0 heterocycles. The Balaban J connectivity index is 0.000000184. The molecular formula is C93H80N4. The van der Waals surface area contributed by atoms with Crippen molar-refractivity contribution in [2.24, 2.45) is 0 Å². The second-order valence-corrected chi connectivity index (χ2v) is 24.2. The van der Waals surface area contributed by atoms with Gasteiger partial charge in [0, 0.05) is 68.2 Å². The molecule has 0 saturated heterocycles. The van der Waals surface area contributed by atoms with Crippen LogP contribution < -0.4 is 19.6 Å². The maximum atomic E-state index is 2.31. The Kier molecular flexibility index (Phi) is 20.8. The van der Waals surface area contributed by atoms with E-state index in [9.17, 15) is 0 Å². The Bertz CT molecular complexity index is 4620. The molecular weight excluding hydrogens is 1170 g/mol. The summed E-state index contributed by atoms with van der Waals surface area (Å²) < 4.78 is 0. The number of aryl methyl sites for hydroxylation is 4. The molecule has 0 saturated carbocycles. The van der Waals surface area contributed by atoms with E-state index in [0.29, 0.717) is 0 Å². The van der Waals surface area contributed by atoms with Crippen molar-refractivity contribution in [1.29, 1.82) is 0 Å². The zero-order chi connectivity index (χ0) is 65.4. The number of anilines is 12. The Morgan fingerprint density at radius 2 is 0.289 bits per heavy atom. The summed E-state index contributed by atoms with van der Waals surface area (Å²) in [5.74, 6) is 0. The largest absolute Gasteiger partial charge is 0.311 e. The first-order valence-electron chi connectivity index (χ1n) is 32.9. The number of para-hydroxylation sites is 4. The third-order valence-corrected chi connectivity index (χ3v) is 17.2. The van der Waals surface area contributed by atoms with Gasteiger partial charge in [0.15, 0.2) is 0 Å². The lowest BCUT2D eigenvalue weighted by Crippen LogP contribution is -2.09. The molecule has 0 amide bonds. The number of benzene rings is 14. The molecule has 0 atom stereocenters. The van der Waals surface area contributed by atoms with E-state index in [1.165, 1.54) is 55.6 Å². The van der Waals surface area contributed by atoms with Crippen LogP contribution in [0.1, 0.15) is 51.9 Å². The Labute approximate surface area is 574 Å². The second kappa shape index (κ2) is 31.1. The van der Waals surface area contributed by atoms with Crippen LogP contribution in [0.5, 0.6) is 0 Å². The van der Waals surface area contributed by atoms with Crippen LogP contribution in [-0.4, -0.2) is 0 Å². The van der Waals surface area contributed by atoms with Crippen molar-refractivity contribution in [2.75, 3.05) is 19.6 Å². The van der Waals surface area contributed by atoms with Gasteiger partial charge in [-0.05, 0) is 218 Å². The maximum Gasteiger partial charge on any atom is 0.0462 e. The molecule has 0 radical (unpaired) electrons. The average Bonchev–Trinajstić information content (AvgIpc) is 0.876. The molecule has 0 aliphatic carbocycles. The van der Waals surface area contributed by atoms with Gasteiger partial charge >= 0.3 is 0 Å². The molecule has 4 heteroatoms. The minimum atomic E-state index is 0. The van der Waals surface area contributed by atoms with E-state index in [4.69, 9.17) is 0 Å². The lowest BCUT2D eigenvalue weighted by molar-refractivity contribution is 1.27. The highest BCUT2D eigenvalue weighted by Gasteiger charge is 2.17. The van der Waals surface area contributed by atoms with Crippen molar-refractivity contribution in [1.82, 2.24) is 0 Å². The van der Waals surface area contributed by atoms with Gasteiger partial charge in [0.25, 0.3) is 0 Å². The molecule has 14 rings (SSSR count). The van der Waals surface area contributed by atoms with Crippen LogP contribution in [0.25, 0.3) is 46.6 Å². The molecule has 14 aromatic carbocycles. The molecule has 0 spiro atoms. The van der Waals surface area contributed by atoms with Crippen LogP contribution in [0.4, 0.5) is 68.2 Å². The fourth-order valence-electron chi connectivity index (χ4n) is 11.9. The zero-order valence-corrected chi connectivity index (χ0v) is 54.7. The third-order valence-electron chi connectivity index (χ3n) is 17.2. The van der Waals surface area contributed by atoms with Crippen molar-refractivity contribution in [3.8, 4) is 22.3 Å². The highest BCUT2D eigenvalue weighted by molar-refractivity contribution is 5.84. The summed E-state index contributed by atoms with van der Waals surface area (Å²) in [6.45, 7) is 8.50. The molecule has 0 fully saturated rings. The fourth-order valence-corrected chi connectivity index (χ4v) is 11.9. The van der Waals surface area contributed by atoms with E-state index < -0.39 is 0 Å². The van der Waals surface area contributed by atoms with Crippen LogP contribution in [0, 0.1) is 27.7 Å². The van der Waals surface area contributed by atoms with Crippen LogP contribution in [0.15, 0.2) is 364 Å².